The number of ether oxygens (including phenoxy) is 1. The van der Waals surface area contributed by atoms with Gasteiger partial charge in [-0.15, -0.1) is 0 Å². The third-order valence-corrected chi connectivity index (χ3v) is 4.69. The minimum atomic E-state index is -0.0939. The van der Waals surface area contributed by atoms with Crippen LogP contribution in [0.25, 0.3) is 0 Å². The first kappa shape index (κ1) is 19.3. The molecule has 2 aromatic rings. The minimum absolute atomic E-state index is 0.0939. The lowest BCUT2D eigenvalue weighted by Crippen LogP contribution is -2.41. The summed E-state index contributed by atoms with van der Waals surface area (Å²) < 4.78 is 5.32. The number of nitrogens with zero attached hydrogens (tertiary/aromatic N) is 2. The third kappa shape index (κ3) is 5.77. The fourth-order valence-electron chi connectivity index (χ4n) is 2.96. The maximum atomic E-state index is 12.2. The van der Waals surface area contributed by atoms with Crippen molar-refractivity contribution in [1.29, 1.82) is 0 Å². The van der Waals surface area contributed by atoms with E-state index >= 15 is 0 Å². The molecule has 3 rings (SSSR count). The van der Waals surface area contributed by atoms with Gasteiger partial charge in [0, 0.05) is 38.1 Å². The Balaban J connectivity index is 1.48. The van der Waals surface area contributed by atoms with E-state index in [1.54, 1.807) is 12.3 Å². The average Bonchev–Trinajstić information content (AvgIpc) is 2.70. The second-order valence-corrected chi connectivity index (χ2v) is 7.04. The summed E-state index contributed by atoms with van der Waals surface area (Å²) >= 11 is 0. The van der Waals surface area contributed by atoms with Crippen molar-refractivity contribution in [2.24, 2.45) is 0 Å². The van der Waals surface area contributed by atoms with Crippen molar-refractivity contribution in [2.75, 3.05) is 44.7 Å². The van der Waals surface area contributed by atoms with Gasteiger partial charge in [-0.3, -0.25) is 9.69 Å². The molecule has 1 amide bonds. The molecule has 2 N–H and O–H groups in total. The van der Waals surface area contributed by atoms with E-state index in [1.807, 2.05) is 18.2 Å². The normalized spacial score (nSPS) is 14.9. The first-order valence-corrected chi connectivity index (χ1v) is 9.53. The summed E-state index contributed by atoms with van der Waals surface area (Å²) in [5.41, 5.74) is 2.85. The van der Waals surface area contributed by atoms with Gasteiger partial charge >= 0.3 is 0 Å². The Morgan fingerprint density at radius 3 is 2.52 bits per heavy atom. The van der Waals surface area contributed by atoms with Crippen LogP contribution in [-0.4, -0.2) is 55.2 Å². The Hall–Kier alpha value is -2.44. The van der Waals surface area contributed by atoms with E-state index in [-0.39, 0.29) is 5.91 Å². The molecule has 0 unspecified atom stereocenters. The maximum absolute atomic E-state index is 12.2. The summed E-state index contributed by atoms with van der Waals surface area (Å²) in [5, 5.41) is 6.21. The van der Waals surface area contributed by atoms with E-state index in [1.165, 1.54) is 5.56 Å². The number of anilines is 2. The number of nitrogens with one attached hydrogen (secondary N) is 2. The first-order chi connectivity index (χ1) is 13.1. The van der Waals surface area contributed by atoms with Crippen molar-refractivity contribution in [3.05, 3.63) is 53.7 Å². The second kappa shape index (κ2) is 9.48. The number of hydrogen-bond donors (Lipinski definition) is 2. The highest BCUT2D eigenvalue weighted by Gasteiger charge is 2.11. The van der Waals surface area contributed by atoms with Gasteiger partial charge in [0.2, 0.25) is 0 Å². The monoisotopic (exact) mass is 368 g/mol. The van der Waals surface area contributed by atoms with Gasteiger partial charge in [-0.2, -0.15) is 0 Å². The fourth-order valence-corrected chi connectivity index (χ4v) is 2.96. The number of carbonyl (C=O) groups excluding carboxylic acids is 1. The highest BCUT2D eigenvalue weighted by Crippen LogP contribution is 2.19. The highest BCUT2D eigenvalue weighted by atomic mass is 16.5. The van der Waals surface area contributed by atoms with E-state index in [2.05, 4.69) is 46.5 Å². The standard InChI is InChI=1S/C21H28N4O2/c1-16(2)17-3-6-19(7-4-17)24-20-8-5-18(15-23-20)21(26)22-9-10-25-11-13-27-14-12-25/h3-8,15-16H,9-14H2,1-2H3,(H,22,26)(H,23,24). The Morgan fingerprint density at radius 1 is 1.15 bits per heavy atom. The zero-order valence-corrected chi connectivity index (χ0v) is 16.1. The smallest absolute Gasteiger partial charge is 0.252 e. The first-order valence-electron chi connectivity index (χ1n) is 9.53. The van der Waals surface area contributed by atoms with Crippen molar-refractivity contribution in [3.63, 3.8) is 0 Å². The minimum Gasteiger partial charge on any atom is -0.379 e. The lowest BCUT2D eigenvalue weighted by atomic mass is 10.0. The molecule has 0 saturated carbocycles. The Bertz CT molecular complexity index is 723. The molecule has 0 radical (unpaired) electrons. The van der Waals surface area contributed by atoms with Crippen LogP contribution in [0.2, 0.25) is 0 Å². The van der Waals surface area contributed by atoms with Gasteiger partial charge in [0.25, 0.3) is 5.91 Å². The molecule has 0 atom stereocenters. The summed E-state index contributed by atoms with van der Waals surface area (Å²) in [7, 11) is 0. The predicted molar refractivity (Wildman–Crippen MR) is 108 cm³/mol. The summed E-state index contributed by atoms with van der Waals surface area (Å²) in [6.07, 6.45) is 1.61. The van der Waals surface area contributed by atoms with Crippen molar-refractivity contribution in [2.45, 2.75) is 19.8 Å². The van der Waals surface area contributed by atoms with Crippen LogP contribution in [-0.2, 0) is 4.74 Å². The van der Waals surface area contributed by atoms with Crippen LogP contribution in [0.4, 0.5) is 11.5 Å². The van der Waals surface area contributed by atoms with E-state index in [0.29, 0.717) is 18.0 Å². The van der Waals surface area contributed by atoms with Crippen molar-refractivity contribution in [3.8, 4) is 0 Å². The number of carbonyl (C=O) groups is 1. The third-order valence-electron chi connectivity index (χ3n) is 4.69. The van der Waals surface area contributed by atoms with E-state index in [4.69, 9.17) is 4.74 Å². The number of amides is 1. The van der Waals surface area contributed by atoms with Crippen LogP contribution in [0, 0.1) is 0 Å². The zero-order chi connectivity index (χ0) is 19.1. The zero-order valence-electron chi connectivity index (χ0n) is 16.1. The van der Waals surface area contributed by atoms with Crippen molar-refractivity contribution in [1.82, 2.24) is 15.2 Å². The molecule has 0 spiro atoms. The molecule has 0 aliphatic carbocycles. The number of aromatic nitrogens is 1. The second-order valence-electron chi connectivity index (χ2n) is 7.04. The quantitative estimate of drug-likeness (QED) is 0.786. The van der Waals surface area contributed by atoms with Gasteiger partial charge in [0.1, 0.15) is 5.82 Å². The predicted octanol–water partition coefficient (Wildman–Crippen LogP) is 3.01. The number of rotatable bonds is 7. The summed E-state index contributed by atoms with van der Waals surface area (Å²) in [6, 6.07) is 11.9. The highest BCUT2D eigenvalue weighted by molar-refractivity contribution is 5.94. The number of pyridine rings is 1. The molecule has 27 heavy (non-hydrogen) atoms. The molecule has 1 aromatic carbocycles. The largest absolute Gasteiger partial charge is 0.379 e. The molecule has 1 saturated heterocycles. The van der Waals surface area contributed by atoms with Crippen LogP contribution in [0.3, 0.4) is 0 Å². The van der Waals surface area contributed by atoms with Crippen molar-refractivity contribution >= 4 is 17.4 Å². The molecular formula is C21H28N4O2. The molecule has 1 fully saturated rings. The van der Waals surface area contributed by atoms with Gasteiger partial charge in [0.15, 0.2) is 0 Å². The Morgan fingerprint density at radius 2 is 1.89 bits per heavy atom. The molecule has 6 nitrogen and oxygen atoms in total. The molecule has 1 aliphatic rings. The van der Waals surface area contributed by atoms with Gasteiger partial charge in [-0.1, -0.05) is 26.0 Å². The van der Waals surface area contributed by atoms with Crippen LogP contribution >= 0.6 is 0 Å². The van der Waals surface area contributed by atoms with Gasteiger partial charge in [0.05, 0.1) is 18.8 Å². The van der Waals surface area contributed by atoms with Crippen LogP contribution in [0.15, 0.2) is 42.6 Å². The van der Waals surface area contributed by atoms with Crippen LogP contribution < -0.4 is 10.6 Å². The molecule has 2 heterocycles. The summed E-state index contributed by atoms with van der Waals surface area (Å²) in [5.74, 6) is 1.14. The molecule has 0 bridgehead atoms. The summed E-state index contributed by atoms with van der Waals surface area (Å²) in [4.78, 5) is 18.9. The molecule has 1 aromatic heterocycles. The molecule has 1 aliphatic heterocycles. The van der Waals surface area contributed by atoms with Gasteiger partial charge in [-0.05, 0) is 35.7 Å². The van der Waals surface area contributed by atoms with Crippen molar-refractivity contribution < 1.29 is 9.53 Å². The Kier molecular flexibility index (Phi) is 6.79. The van der Waals surface area contributed by atoms with Crippen LogP contribution in [0.1, 0.15) is 35.7 Å². The molecule has 144 valence electrons. The fraction of sp³-hybridized carbons (Fsp3) is 0.429. The van der Waals surface area contributed by atoms with E-state index in [0.717, 1.165) is 44.4 Å². The average molecular weight is 368 g/mol. The van der Waals surface area contributed by atoms with E-state index < -0.39 is 0 Å². The summed E-state index contributed by atoms with van der Waals surface area (Å²) in [6.45, 7) is 9.21. The lowest BCUT2D eigenvalue weighted by molar-refractivity contribution is 0.0383. The number of hydrogen-bond acceptors (Lipinski definition) is 5. The maximum Gasteiger partial charge on any atom is 0.252 e. The molecule has 6 heteroatoms. The van der Waals surface area contributed by atoms with Crippen LogP contribution in [0.5, 0.6) is 0 Å². The lowest BCUT2D eigenvalue weighted by Gasteiger charge is -2.26. The van der Waals surface area contributed by atoms with E-state index in [9.17, 15) is 4.79 Å². The number of morpholine rings is 1. The SMILES string of the molecule is CC(C)c1ccc(Nc2ccc(C(=O)NCCN3CCOCC3)cn2)cc1. The number of benzene rings is 1. The van der Waals surface area contributed by atoms with Gasteiger partial charge < -0.3 is 15.4 Å². The topological polar surface area (TPSA) is 66.5 Å². The molecular weight excluding hydrogens is 340 g/mol. The van der Waals surface area contributed by atoms with Gasteiger partial charge in [-0.25, -0.2) is 4.98 Å². The Labute approximate surface area is 160 Å².